The molecule has 3 nitrogen and oxygen atoms in total. The second kappa shape index (κ2) is 8.66. The summed E-state index contributed by atoms with van der Waals surface area (Å²) in [6.07, 6.45) is 6.63. The van der Waals surface area contributed by atoms with Crippen LogP contribution in [0.5, 0.6) is 0 Å². The third-order valence-corrected chi connectivity index (χ3v) is 6.18. The molecule has 6 heteroatoms. The van der Waals surface area contributed by atoms with Crippen LogP contribution in [-0.2, 0) is 4.79 Å². The van der Waals surface area contributed by atoms with Gasteiger partial charge in [-0.25, -0.2) is 13.2 Å². The molecule has 2 aromatic carbocycles. The molecule has 1 saturated heterocycles. The van der Waals surface area contributed by atoms with Gasteiger partial charge in [0, 0.05) is 37.4 Å². The summed E-state index contributed by atoms with van der Waals surface area (Å²) in [5.74, 6) is -0.792. The third kappa shape index (κ3) is 4.22. The van der Waals surface area contributed by atoms with E-state index >= 15 is 0 Å². The number of rotatable bonds is 5. The van der Waals surface area contributed by atoms with Crippen molar-refractivity contribution in [2.45, 2.75) is 25.2 Å². The van der Waals surface area contributed by atoms with Crippen LogP contribution in [0.25, 0.3) is 11.1 Å². The Morgan fingerprint density at radius 3 is 2.69 bits per heavy atom. The number of halogens is 2. The molecule has 1 aliphatic heterocycles. The maximum Gasteiger partial charge on any atom is 0.226 e. The fraction of sp³-hybridized carbons (Fsp3) is 0.391. The van der Waals surface area contributed by atoms with Gasteiger partial charge in [-0.1, -0.05) is 30.3 Å². The number of piperidine rings is 1. The van der Waals surface area contributed by atoms with Crippen LogP contribution in [0.15, 0.2) is 46.9 Å². The summed E-state index contributed by atoms with van der Waals surface area (Å²) in [5, 5.41) is 0. The van der Waals surface area contributed by atoms with E-state index in [1.54, 1.807) is 12.1 Å². The van der Waals surface area contributed by atoms with E-state index in [0.29, 0.717) is 18.0 Å². The second-order valence-electron chi connectivity index (χ2n) is 7.76. The van der Waals surface area contributed by atoms with Crippen LogP contribution in [0, 0.1) is 23.5 Å². The Kier molecular flexibility index (Phi) is 5.99. The molecule has 0 aromatic heterocycles. The zero-order chi connectivity index (χ0) is 20.4. The van der Waals surface area contributed by atoms with Crippen molar-refractivity contribution in [1.29, 1.82) is 0 Å². The van der Waals surface area contributed by atoms with Gasteiger partial charge in [0.2, 0.25) is 5.91 Å². The van der Waals surface area contributed by atoms with Crippen molar-refractivity contribution in [1.82, 2.24) is 4.90 Å². The smallest absolute Gasteiger partial charge is 0.226 e. The molecule has 3 atom stereocenters. The van der Waals surface area contributed by atoms with Gasteiger partial charge >= 0.3 is 0 Å². The van der Waals surface area contributed by atoms with Crippen LogP contribution in [0.2, 0.25) is 0 Å². The van der Waals surface area contributed by atoms with Crippen molar-refractivity contribution in [3.63, 3.8) is 0 Å². The lowest BCUT2D eigenvalue weighted by molar-refractivity contribution is -0.134. The van der Waals surface area contributed by atoms with Crippen molar-refractivity contribution in [3.8, 4) is 11.1 Å². The molecule has 1 heterocycles. The summed E-state index contributed by atoms with van der Waals surface area (Å²) in [6, 6.07) is 11.2. The third-order valence-electron chi connectivity index (χ3n) is 5.85. The molecule has 4 rings (SSSR count). The summed E-state index contributed by atoms with van der Waals surface area (Å²) < 4.78 is 33.0. The molecule has 2 aliphatic rings. The maximum atomic E-state index is 14.4. The highest BCUT2D eigenvalue weighted by Crippen LogP contribution is 2.51. The summed E-state index contributed by atoms with van der Waals surface area (Å²) in [4.78, 5) is 15.0. The Hall–Kier alpha value is -2.21. The summed E-state index contributed by atoms with van der Waals surface area (Å²) in [7, 11) is 0. The highest BCUT2D eigenvalue weighted by molar-refractivity contribution is 7.97. The zero-order valence-electron chi connectivity index (χ0n) is 16.4. The van der Waals surface area contributed by atoms with Gasteiger partial charge in [-0.3, -0.25) is 4.79 Å². The average molecular weight is 415 g/mol. The molecule has 1 aliphatic carbocycles. The second-order valence-corrected chi connectivity index (χ2v) is 8.33. The first-order valence-corrected chi connectivity index (χ1v) is 11.2. The molecule has 0 bridgehead atoms. The summed E-state index contributed by atoms with van der Waals surface area (Å²) in [5.41, 5.74) is 1.40. The molecule has 2 aromatic rings. The first-order chi connectivity index (χ1) is 14.1. The van der Waals surface area contributed by atoms with Crippen molar-refractivity contribution in [2.24, 2.45) is 16.2 Å². The number of hydrogen-bond acceptors (Lipinski definition) is 3. The van der Waals surface area contributed by atoms with Gasteiger partial charge in [-0.15, -0.1) is 0 Å². The molecule has 0 N–H and O–H groups in total. The first-order valence-electron chi connectivity index (χ1n) is 9.99. The minimum atomic E-state index is -0.576. The molecular formula is C23H24F2N2OS. The van der Waals surface area contributed by atoms with Gasteiger partial charge in [0.05, 0.1) is 5.56 Å². The molecule has 0 spiro atoms. The molecule has 2 fully saturated rings. The standard InChI is InChI=1S/C23H24F2N2OS/c1-29-26-13-15-6-5-11-27(14-15)23(28)19-12-18(19)16-7-2-3-8-17(16)22-20(24)9-4-10-21(22)25/h2-4,7-10,13,15,18-19H,5-6,11-12,14H2,1H3. The van der Waals surface area contributed by atoms with E-state index in [-0.39, 0.29) is 23.3 Å². The number of amides is 1. The molecule has 0 radical (unpaired) electrons. The Morgan fingerprint density at radius 2 is 1.93 bits per heavy atom. The van der Waals surface area contributed by atoms with Crippen LogP contribution >= 0.6 is 11.9 Å². The zero-order valence-corrected chi connectivity index (χ0v) is 17.2. The predicted octanol–water partition coefficient (Wildman–Crippen LogP) is 5.32. The number of nitrogens with zero attached hydrogens (tertiary/aromatic N) is 2. The lowest BCUT2D eigenvalue weighted by Crippen LogP contribution is -2.41. The lowest BCUT2D eigenvalue weighted by Gasteiger charge is -2.31. The number of hydrogen-bond donors (Lipinski definition) is 0. The normalized spacial score (nSPS) is 24.1. The average Bonchev–Trinajstić information content (AvgIpc) is 3.53. The van der Waals surface area contributed by atoms with Crippen LogP contribution < -0.4 is 0 Å². The van der Waals surface area contributed by atoms with E-state index in [0.717, 1.165) is 31.4 Å². The maximum absolute atomic E-state index is 14.4. The van der Waals surface area contributed by atoms with Crippen LogP contribution in [0.1, 0.15) is 30.7 Å². The Bertz CT molecular complexity index is 913. The first kappa shape index (κ1) is 20.1. The quantitative estimate of drug-likeness (QED) is 0.490. The molecular weight excluding hydrogens is 390 g/mol. The summed E-state index contributed by atoms with van der Waals surface area (Å²) in [6.45, 7) is 1.48. The van der Waals surface area contributed by atoms with Gasteiger partial charge in [0.1, 0.15) is 11.6 Å². The SMILES string of the molecule is CSN=CC1CCCN(C(=O)C2CC2c2ccccc2-c2c(F)cccc2F)C1. The number of carbonyl (C=O) groups excluding carboxylic acids is 1. The van der Waals surface area contributed by atoms with Gasteiger partial charge in [0.15, 0.2) is 0 Å². The minimum Gasteiger partial charge on any atom is -0.342 e. The van der Waals surface area contributed by atoms with Crippen molar-refractivity contribution in [2.75, 3.05) is 19.3 Å². The minimum absolute atomic E-state index is 0.00693. The van der Waals surface area contributed by atoms with Crippen LogP contribution in [-0.4, -0.2) is 36.4 Å². The topological polar surface area (TPSA) is 32.7 Å². The molecule has 152 valence electrons. The molecule has 1 amide bonds. The van der Waals surface area contributed by atoms with Crippen molar-refractivity contribution in [3.05, 3.63) is 59.7 Å². The van der Waals surface area contributed by atoms with E-state index in [4.69, 9.17) is 0 Å². The van der Waals surface area contributed by atoms with Crippen LogP contribution in [0.3, 0.4) is 0 Å². The highest BCUT2D eigenvalue weighted by atomic mass is 32.2. The lowest BCUT2D eigenvalue weighted by atomic mass is 9.94. The number of likely N-dealkylation sites (tertiary alicyclic amines) is 1. The Balaban J connectivity index is 1.53. The van der Waals surface area contributed by atoms with Gasteiger partial charge in [-0.05, 0) is 60.4 Å². The molecule has 3 unspecified atom stereocenters. The van der Waals surface area contributed by atoms with Crippen LogP contribution in [0.4, 0.5) is 8.78 Å². The number of benzene rings is 2. The van der Waals surface area contributed by atoms with Gasteiger partial charge in [-0.2, -0.15) is 0 Å². The van der Waals surface area contributed by atoms with Gasteiger partial charge in [0.25, 0.3) is 0 Å². The fourth-order valence-corrected chi connectivity index (χ4v) is 4.62. The monoisotopic (exact) mass is 414 g/mol. The highest BCUT2D eigenvalue weighted by Gasteiger charge is 2.47. The summed E-state index contributed by atoms with van der Waals surface area (Å²) >= 11 is 1.43. The van der Waals surface area contributed by atoms with E-state index in [1.807, 2.05) is 29.5 Å². The van der Waals surface area contributed by atoms with Crippen molar-refractivity contribution < 1.29 is 13.6 Å². The Labute approximate surface area is 174 Å². The molecule has 29 heavy (non-hydrogen) atoms. The van der Waals surface area contributed by atoms with Gasteiger partial charge < -0.3 is 4.90 Å². The van der Waals surface area contributed by atoms with E-state index < -0.39 is 11.6 Å². The van der Waals surface area contributed by atoms with E-state index in [2.05, 4.69) is 4.40 Å². The van der Waals surface area contributed by atoms with Crippen molar-refractivity contribution >= 4 is 24.1 Å². The molecule has 1 saturated carbocycles. The van der Waals surface area contributed by atoms with E-state index in [1.165, 1.54) is 30.1 Å². The predicted molar refractivity (Wildman–Crippen MR) is 114 cm³/mol. The number of carbonyl (C=O) groups is 1. The fourth-order valence-electron chi connectivity index (χ4n) is 4.33. The largest absolute Gasteiger partial charge is 0.342 e. The Morgan fingerprint density at radius 1 is 1.17 bits per heavy atom. The van der Waals surface area contributed by atoms with E-state index in [9.17, 15) is 13.6 Å².